The fourth-order valence-electron chi connectivity index (χ4n) is 2.24. The number of nitrogens with zero attached hydrogens (tertiary/aromatic N) is 1. The van der Waals surface area contributed by atoms with Crippen molar-refractivity contribution in [1.82, 2.24) is 4.98 Å². The van der Waals surface area contributed by atoms with Gasteiger partial charge in [0.2, 0.25) is 5.88 Å². The second-order valence-electron chi connectivity index (χ2n) is 5.15. The first-order valence-electron chi connectivity index (χ1n) is 7.45. The summed E-state index contributed by atoms with van der Waals surface area (Å²) < 4.78 is 13.0. The summed E-state index contributed by atoms with van der Waals surface area (Å²) >= 11 is 7.86. The Morgan fingerprint density at radius 2 is 2.04 bits per heavy atom. The maximum absolute atomic E-state index is 13.3. The minimum atomic E-state index is -0.551. The monoisotopic (exact) mass is 393 g/mol. The largest absolute Gasteiger partial charge is 0.492 e. The van der Waals surface area contributed by atoms with Crippen molar-refractivity contribution in [3.05, 3.63) is 68.4 Å². The summed E-state index contributed by atoms with van der Waals surface area (Å²) in [5.41, 5.74) is 1.57. The van der Waals surface area contributed by atoms with Crippen molar-refractivity contribution in [1.29, 1.82) is 0 Å². The van der Waals surface area contributed by atoms with Crippen LogP contribution < -0.4 is 4.74 Å². The van der Waals surface area contributed by atoms with Crippen LogP contribution >= 0.6 is 34.7 Å². The van der Waals surface area contributed by atoms with Gasteiger partial charge in [0.15, 0.2) is 0 Å². The van der Waals surface area contributed by atoms with Gasteiger partial charge in [-0.2, -0.15) is 0 Å². The lowest BCUT2D eigenvalue weighted by Gasteiger charge is -2.08. The molecular formula is C18H13ClFNO2S2. The first-order chi connectivity index (χ1) is 12.0. The molecule has 3 rings (SSSR count). The molecule has 25 heavy (non-hydrogen) atoms. The highest BCUT2D eigenvalue weighted by molar-refractivity contribution is 7.99. The zero-order valence-corrected chi connectivity index (χ0v) is 15.5. The number of hydrogen-bond acceptors (Lipinski definition) is 5. The van der Waals surface area contributed by atoms with Gasteiger partial charge in [-0.3, -0.25) is 4.79 Å². The highest BCUT2D eigenvalue weighted by atomic mass is 35.5. The zero-order chi connectivity index (χ0) is 18.0. The van der Waals surface area contributed by atoms with E-state index in [-0.39, 0.29) is 25.5 Å². The molecule has 0 unspecified atom stereocenters. The van der Waals surface area contributed by atoms with Crippen LogP contribution in [0.2, 0.25) is 5.02 Å². The molecular weight excluding hydrogens is 381 g/mol. The average Bonchev–Trinajstić information content (AvgIpc) is 2.60. The average molecular weight is 394 g/mol. The van der Waals surface area contributed by atoms with E-state index in [1.54, 1.807) is 0 Å². The predicted molar refractivity (Wildman–Crippen MR) is 100 cm³/mol. The molecule has 0 atom stereocenters. The fourth-order valence-corrected chi connectivity index (χ4v) is 4.34. The molecule has 1 aromatic heterocycles. The summed E-state index contributed by atoms with van der Waals surface area (Å²) in [7, 11) is 0. The second kappa shape index (κ2) is 7.56. The summed E-state index contributed by atoms with van der Waals surface area (Å²) in [5, 5.41) is 10.5. The summed E-state index contributed by atoms with van der Waals surface area (Å²) in [4.78, 5) is 17.7. The first kappa shape index (κ1) is 17.9. The molecule has 0 saturated heterocycles. The summed E-state index contributed by atoms with van der Waals surface area (Å²) in [6.45, 7) is 2.03. The Kier molecular flexibility index (Phi) is 5.42. The Balaban J connectivity index is 2.01. The molecule has 0 aliphatic heterocycles. The molecule has 128 valence electrons. The number of hydrogen-bond donors (Lipinski definition) is 1. The van der Waals surface area contributed by atoms with Crippen LogP contribution in [0.1, 0.15) is 12.5 Å². The Labute approximate surface area is 157 Å². The highest BCUT2D eigenvalue weighted by Crippen LogP contribution is 2.35. The van der Waals surface area contributed by atoms with Gasteiger partial charge < -0.3 is 5.11 Å². The Bertz CT molecular complexity index is 991. The fraction of sp³-hybridized carbons (Fsp3) is 0.111. The molecule has 0 fully saturated rings. The van der Waals surface area contributed by atoms with E-state index in [1.165, 1.54) is 30.0 Å². The maximum Gasteiger partial charge on any atom is 0.253 e. The van der Waals surface area contributed by atoms with E-state index in [2.05, 4.69) is 4.98 Å². The van der Waals surface area contributed by atoms with Crippen LogP contribution in [0, 0.1) is 5.82 Å². The quantitative estimate of drug-likeness (QED) is 0.646. The predicted octanol–water partition coefficient (Wildman–Crippen LogP) is 5.38. The van der Waals surface area contributed by atoms with E-state index in [1.807, 2.05) is 31.2 Å². The Hall–Kier alpha value is -1.89. The van der Waals surface area contributed by atoms with Gasteiger partial charge in [0.25, 0.3) is 4.74 Å². The smallest absolute Gasteiger partial charge is 0.253 e. The molecule has 0 saturated carbocycles. The molecule has 0 aliphatic carbocycles. The minimum Gasteiger partial charge on any atom is -0.492 e. The molecule has 2 aromatic carbocycles. The molecule has 0 spiro atoms. The van der Waals surface area contributed by atoms with Crippen molar-refractivity contribution < 1.29 is 9.50 Å². The number of aromatic hydroxyl groups is 1. The van der Waals surface area contributed by atoms with Gasteiger partial charge in [0.05, 0.1) is 5.02 Å². The van der Waals surface area contributed by atoms with Crippen LogP contribution in [0.15, 0.2) is 57.1 Å². The van der Waals surface area contributed by atoms with E-state index in [0.717, 1.165) is 28.2 Å². The SMILES string of the molecule is CCc1ccccc1Sc1c(O)nc(-c2ccc(F)c(Cl)c2)sc1=O. The zero-order valence-electron chi connectivity index (χ0n) is 13.1. The van der Waals surface area contributed by atoms with Crippen LogP contribution in [0.4, 0.5) is 4.39 Å². The molecule has 0 radical (unpaired) electrons. The van der Waals surface area contributed by atoms with Gasteiger partial charge in [-0.15, -0.1) is 0 Å². The number of halogens is 2. The Morgan fingerprint density at radius 1 is 1.28 bits per heavy atom. The van der Waals surface area contributed by atoms with Gasteiger partial charge in [-0.25, -0.2) is 9.37 Å². The number of rotatable bonds is 4. The van der Waals surface area contributed by atoms with Crippen molar-refractivity contribution >= 4 is 34.7 Å². The van der Waals surface area contributed by atoms with Crippen LogP contribution in [0.3, 0.4) is 0 Å². The summed E-state index contributed by atoms with van der Waals surface area (Å²) in [5.74, 6) is -0.888. The third-order valence-corrected chi connectivity index (χ3v) is 6.04. The minimum absolute atomic E-state index is 0.0613. The maximum atomic E-state index is 13.3. The van der Waals surface area contributed by atoms with Gasteiger partial charge in [0, 0.05) is 10.5 Å². The molecule has 0 aliphatic rings. The van der Waals surface area contributed by atoms with Gasteiger partial charge in [0.1, 0.15) is 15.7 Å². The van der Waals surface area contributed by atoms with Crippen LogP contribution in [-0.2, 0) is 6.42 Å². The lowest BCUT2D eigenvalue weighted by atomic mass is 10.2. The first-order valence-corrected chi connectivity index (χ1v) is 9.46. The van der Waals surface area contributed by atoms with E-state index in [0.29, 0.717) is 5.56 Å². The topological polar surface area (TPSA) is 50.2 Å². The van der Waals surface area contributed by atoms with Crippen molar-refractivity contribution in [2.24, 2.45) is 0 Å². The standard InChI is InChI=1S/C18H13ClFNO2S2/c1-2-10-5-3-4-6-14(10)24-15-16(22)21-17(25-18(15)23)11-7-8-13(20)12(19)9-11/h3-9,22H,2H2,1H3. The van der Waals surface area contributed by atoms with Crippen LogP contribution in [0.5, 0.6) is 5.88 Å². The van der Waals surface area contributed by atoms with Gasteiger partial charge in [-0.1, -0.05) is 59.8 Å². The molecule has 0 amide bonds. The normalized spacial score (nSPS) is 10.8. The van der Waals surface area contributed by atoms with Gasteiger partial charge in [-0.05, 0) is 36.2 Å². The number of benzene rings is 2. The highest BCUT2D eigenvalue weighted by Gasteiger charge is 2.16. The van der Waals surface area contributed by atoms with E-state index < -0.39 is 5.82 Å². The van der Waals surface area contributed by atoms with Crippen LogP contribution in [-0.4, -0.2) is 10.1 Å². The molecule has 3 aromatic rings. The number of aryl methyl sites for hydroxylation is 1. The third kappa shape index (κ3) is 3.86. The summed E-state index contributed by atoms with van der Waals surface area (Å²) in [6.07, 6.45) is 0.821. The van der Waals surface area contributed by atoms with Crippen molar-refractivity contribution in [2.75, 3.05) is 0 Å². The lowest BCUT2D eigenvalue weighted by Crippen LogP contribution is -2.02. The third-order valence-electron chi connectivity index (χ3n) is 3.52. The molecule has 0 bridgehead atoms. The lowest BCUT2D eigenvalue weighted by molar-refractivity contribution is 0.441. The van der Waals surface area contributed by atoms with Crippen LogP contribution in [0.25, 0.3) is 10.6 Å². The van der Waals surface area contributed by atoms with Crippen molar-refractivity contribution in [3.8, 4) is 16.5 Å². The van der Waals surface area contributed by atoms with Gasteiger partial charge >= 0.3 is 0 Å². The number of aromatic nitrogens is 1. The Morgan fingerprint density at radius 3 is 2.72 bits per heavy atom. The van der Waals surface area contributed by atoms with Crippen molar-refractivity contribution in [2.45, 2.75) is 23.1 Å². The van der Waals surface area contributed by atoms with E-state index in [9.17, 15) is 14.3 Å². The molecule has 1 N–H and O–H groups in total. The van der Waals surface area contributed by atoms with E-state index >= 15 is 0 Å². The van der Waals surface area contributed by atoms with Crippen molar-refractivity contribution in [3.63, 3.8) is 0 Å². The molecule has 7 heteroatoms. The molecule has 1 heterocycles. The van der Waals surface area contributed by atoms with E-state index in [4.69, 9.17) is 11.6 Å². The summed E-state index contributed by atoms with van der Waals surface area (Å²) in [6, 6.07) is 11.8. The molecule has 3 nitrogen and oxygen atoms in total. The second-order valence-corrected chi connectivity index (χ2v) is 7.57.